The van der Waals surface area contributed by atoms with Gasteiger partial charge in [0.25, 0.3) is 0 Å². The van der Waals surface area contributed by atoms with Crippen molar-refractivity contribution in [2.45, 2.75) is 0 Å². The highest BCUT2D eigenvalue weighted by molar-refractivity contribution is 6.22. The third kappa shape index (κ3) is 6.67. The second-order valence-corrected chi connectivity index (χ2v) is 17.3. The lowest BCUT2D eigenvalue weighted by Gasteiger charge is -2.27. The Kier molecular flexibility index (Phi) is 9.17. The van der Waals surface area contributed by atoms with Gasteiger partial charge in [-0.05, 0) is 111 Å². The first-order valence-electron chi connectivity index (χ1n) is 22.9. The Morgan fingerprint density at radius 1 is 0.284 bits per heavy atom. The van der Waals surface area contributed by atoms with Gasteiger partial charge in [-0.15, -0.1) is 0 Å². The molecule has 0 saturated heterocycles. The van der Waals surface area contributed by atoms with Gasteiger partial charge >= 0.3 is 0 Å². The van der Waals surface area contributed by atoms with Crippen LogP contribution in [0.2, 0.25) is 0 Å². The summed E-state index contributed by atoms with van der Waals surface area (Å²) in [6, 6.07) is 91.7. The number of fused-ring (bicyclic) bond motifs is 8. The van der Waals surface area contributed by atoms with E-state index >= 15 is 0 Å². The Morgan fingerprint density at radius 3 is 1.33 bits per heavy atom. The van der Waals surface area contributed by atoms with E-state index < -0.39 is 0 Å². The second kappa shape index (κ2) is 16.0. The van der Waals surface area contributed by atoms with Crippen molar-refractivity contribution in [2.75, 3.05) is 4.90 Å². The van der Waals surface area contributed by atoms with Crippen molar-refractivity contribution in [3.05, 3.63) is 255 Å². The molecule has 0 aliphatic heterocycles. The number of nitrogens with zero attached hydrogens (tertiary/aromatic N) is 2. The van der Waals surface area contributed by atoms with Gasteiger partial charge in [0.1, 0.15) is 11.2 Å². The lowest BCUT2D eigenvalue weighted by Crippen LogP contribution is -2.10. The molecule has 13 aromatic rings. The van der Waals surface area contributed by atoms with Gasteiger partial charge in [0.05, 0.1) is 16.7 Å². The molecule has 0 fully saturated rings. The number of rotatable bonds is 8. The van der Waals surface area contributed by atoms with Crippen LogP contribution in [-0.2, 0) is 0 Å². The normalized spacial score (nSPS) is 11.6. The SMILES string of the molecule is c1ccc(-c2ccc(N(c3ccc(-c4ccc(-c5ccc(-c6ccc7c(c6)c6ccccc6n7-c6ccccc6)cc5)cc4)cc3)c3cc4oc5ccccc5c4c4ccccc34)cc2)cc1. The van der Waals surface area contributed by atoms with Crippen LogP contribution in [0.5, 0.6) is 0 Å². The van der Waals surface area contributed by atoms with Gasteiger partial charge in [-0.25, -0.2) is 0 Å². The van der Waals surface area contributed by atoms with Crippen LogP contribution < -0.4 is 4.90 Å². The van der Waals surface area contributed by atoms with Crippen molar-refractivity contribution in [3.8, 4) is 50.2 Å². The van der Waals surface area contributed by atoms with Gasteiger partial charge in [0.15, 0.2) is 0 Å². The number of hydrogen-bond donors (Lipinski definition) is 0. The van der Waals surface area contributed by atoms with Gasteiger partial charge < -0.3 is 13.9 Å². The predicted molar refractivity (Wildman–Crippen MR) is 282 cm³/mol. The number of aromatic nitrogens is 1. The van der Waals surface area contributed by atoms with Crippen LogP contribution >= 0.6 is 0 Å². The lowest BCUT2D eigenvalue weighted by atomic mass is 9.97. The molecule has 67 heavy (non-hydrogen) atoms. The van der Waals surface area contributed by atoms with E-state index in [2.05, 4.69) is 258 Å². The fourth-order valence-electron chi connectivity index (χ4n) is 10.1. The van der Waals surface area contributed by atoms with Crippen molar-refractivity contribution in [1.29, 1.82) is 0 Å². The van der Waals surface area contributed by atoms with E-state index in [9.17, 15) is 0 Å². The molecule has 0 radical (unpaired) electrons. The summed E-state index contributed by atoms with van der Waals surface area (Å²) in [5, 5.41) is 7.12. The van der Waals surface area contributed by atoms with Crippen LogP contribution in [0, 0.1) is 0 Å². The number of para-hydroxylation sites is 3. The molecule has 3 nitrogen and oxygen atoms in total. The van der Waals surface area contributed by atoms with Gasteiger partial charge in [0, 0.05) is 50.1 Å². The highest BCUT2D eigenvalue weighted by Crippen LogP contribution is 2.45. The molecule has 0 saturated carbocycles. The molecule has 0 unspecified atom stereocenters. The molecule has 0 spiro atoms. The fourth-order valence-corrected chi connectivity index (χ4v) is 10.1. The quantitative estimate of drug-likeness (QED) is 0.152. The summed E-state index contributed by atoms with van der Waals surface area (Å²) < 4.78 is 8.92. The molecule has 3 heteroatoms. The maximum atomic E-state index is 6.56. The van der Waals surface area contributed by atoms with E-state index in [1.807, 2.05) is 6.07 Å². The van der Waals surface area contributed by atoms with Crippen LogP contribution in [0.1, 0.15) is 0 Å². The molecule has 314 valence electrons. The lowest BCUT2D eigenvalue weighted by molar-refractivity contribution is 0.669. The monoisotopic (exact) mass is 854 g/mol. The minimum atomic E-state index is 0.872. The van der Waals surface area contributed by atoms with E-state index in [1.165, 1.54) is 71.8 Å². The zero-order chi connectivity index (χ0) is 44.3. The maximum absolute atomic E-state index is 6.56. The first kappa shape index (κ1) is 38.5. The van der Waals surface area contributed by atoms with Crippen molar-refractivity contribution >= 4 is 71.6 Å². The molecule has 11 aromatic carbocycles. The number of benzene rings is 11. The third-order valence-corrected chi connectivity index (χ3v) is 13.4. The van der Waals surface area contributed by atoms with E-state index in [1.54, 1.807) is 0 Å². The maximum Gasteiger partial charge on any atom is 0.138 e. The predicted octanol–water partition coefficient (Wildman–Crippen LogP) is 18.0. The molecule has 0 aliphatic rings. The fraction of sp³-hybridized carbons (Fsp3) is 0. The van der Waals surface area contributed by atoms with E-state index in [-0.39, 0.29) is 0 Å². The topological polar surface area (TPSA) is 21.3 Å². The Hall–Kier alpha value is -8.92. The number of hydrogen-bond acceptors (Lipinski definition) is 2. The van der Waals surface area contributed by atoms with Crippen LogP contribution in [0.3, 0.4) is 0 Å². The van der Waals surface area contributed by atoms with Crippen LogP contribution in [0.4, 0.5) is 17.1 Å². The molecule has 0 bridgehead atoms. The van der Waals surface area contributed by atoms with Crippen molar-refractivity contribution in [3.63, 3.8) is 0 Å². The van der Waals surface area contributed by atoms with Crippen molar-refractivity contribution < 1.29 is 4.42 Å². The van der Waals surface area contributed by atoms with Crippen LogP contribution in [0.15, 0.2) is 259 Å². The van der Waals surface area contributed by atoms with Crippen LogP contribution in [-0.4, -0.2) is 4.57 Å². The smallest absolute Gasteiger partial charge is 0.138 e. The second-order valence-electron chi connectivity index (χ2n) is 17.3. The summed E-state index contributed by atoms with van der Waals surface area (Å²) in [6.45, 7) is 0. The number of furan rings is 1. The molecular weight excluding hydrogens is 813 g/mol. The van der Waals surface area contributed by atoms with Gasteiger partial charge in [0.2, 0.25) is 0 Å². The van der Waals surface area contributed by atoms with E-state index in [0.717, 1.165) is 50.0 Å². The summed E-state index contributed by atoms with van der Waals surface area (Å²) in [7, 11) is 0. The summed E-state index contributed by atoms with van der Waals surface area (Å²) in [4.78, 5) is 2.36. The Labute approximate surface area is 388 Å². The summed E-state index contributed by atoms with van der Waals surface area (Å²) >= 11 is 0. The van der Waals surface area contributed by atoms with Crippen molar-refractivity contribution in [2.24, 2.45) is 0 Å². The number of anilines is 3. The van der Waals surface area contributed by atoms with Gasteiger partial charge in [-0.2, -0.15) is 0 Å². The minimum absolute atomic E-state index is 0.872. The molecule has 0 amide bonds. The molecule has 0 aliphatic carbocycles. The highest BCUT2D eigenvalue weighted by atomic mass is 16.3. The minimum Gasteiger partial charge on any atom is -0.456 e. The van der Waals surface area contributed by atoms with Gasteiger partial charge in [-0.1, -0.05) is 188 Å². The molecule has 2 heterocycles. The molecule has 2 aromatic heterocycles. The van der Waals surface area contributed by atoms with Crippen molar-refractivity contribution in [1.82, 2.24) is 4.57 Å². The van der Waals surface area contributed by atoms with Crippen LogP contribution in [0.25, 0.3) is 105 Å². The first-order valence-corrected chi connectivity index (χ1v) is 22.9. The summed E-state index contributed by atoms with van der Waals surface area (Å²) in [5.74, 6) is 0. The highest BCUT2D eigenvalue weighted by Gasteiger charge is 2.21. The summed E-state index contributed by atoms with van der Waals surface area (Å²) in [6.07, 6.45) is 0. The zero-order valence-corrected chi connectivity index (χ0v) is 36.6. The van der Waals surface area contributed by atoms with E-state index in [0.29, 0.717) is 0 Å². The Bertz CT molecular complexity index is 3920. The first-order chi connectivity index (χ1) is 33.2. The molecule has 0 atom stereocenters. The third-order valence-electron chi connectivity index (χ3n) is 13.4. The largest absolute Gasteiger partial charge is 0.456 e. The Morgan fingerprint density at radius 2 is 0.716 bits per heavy atom. The zero-order valence-electron chi connectivity index (χ0n) is 36.6. The standard InChI is InChI=1S/C64H42N2O/c1-3-13-43(14-4-1)47-31-36-52(37-32-47)65(61-42-63-64(56-19-8-7-17-54(56)61)57-20-10-12-22-62(57)67-63)53-38-33-48(34-39-53)46-25-23-44(24-26-46)45-27-29-49(30-28-45)50-35-40-60-58(41-50)55-18-9-11-21-59(55)66(60)51-15-5-2-6-16-51/h1-42H. The molecule has 0 N–H and O–H groups in total. The Balaban J connectivity index is 0.817. The average Bonchev–Trinajstić information content (AvgIpc) is 3.95. The summed E-state index contributed by atoms with van der Waals surface area (Å²) in [5.41, 5.74) is 18.0. The average molecular weight is 855 g/mol. The van der Waals surface area contributed by atoms with Gasteiger partial charge in [-0.3, -0.25) is 0 Å². The molecular formula is C64H42N2O. The van der Waals surface area contributed by atoms with E-state index in [4.69, 9.17) is 4.42 Å². The molecule has 13 rings (SSSR count).